The highest BCUT2D eigenvalue weighted by molar-refractivity contribution is 6.05. The molecule has 0 aliphatic heterocycles. The summed E-state index contributed by atoms with van der Waals surface area (Å²) in [5, 5.41) is 0. The molecule has 114 valence electrons. The van der Waals surface area contributed by atoms with Gasteiger partial charge in [-0.25, -0.2) is 9.59 Å². The Morgan fingerprint density at radius 3 is 2.14 bits per heavy atom. The van der Waals surface area contributed by atoms with Gasteiger partial charge in [0, 0.05) is 24.2 Å². The number of carbonyl (C=O) groups is 3. The van der Waals surface area contributed by atoms with E-state index in [-0.39, 0.29) is 29.5 Å². The maximum absolute atomic E-state index is 12.2. The van der Waals surface area contributed by atoms with Gasteiger partial charge in [0.1, 0.15) is 5.78 Å². The Hall–Kier alpha value is -2.17. The maximum atomic E-state index is 12.2. The summed E-state index contributed by atoms with van der Waals surface area (Å²) in [6.07, 6.45) is 5.20. The van der Waals surface area contributed by atoms with Gasteiger partial charge < -0.3 is 9.47 Å². The highest BCUT2D eigenvalue weighted by atomic mass is 16.5. The molecule has 0 saturated carbocycles. The van der Waals surface area contributed by atoms with Crippen LogP contribution in [0.2, 0.25) is 0 Å². The number of ether oxygens (including phenoxy) is 2. The second-order valence-corrected chi connectivity index (χ2v) is 6.20. The molecule has 0 N–H and O–H groups in total. The summed E-state index contributed by atoms with van der Waals surface area (Å²) in [5.74, 6) is -1.18. The molecule has 5 nitrogen and oxygen atoms in total. The van der Waals surface area contributed by atoms with Gasteiger partial charge in [-0.05, 0) is 12.0 Å². The van der Waals surface area contributed by atoms with Crippen molar-refractivity contribution in [3.05, 3.63) is 34.4 Å². The summed E-state index contributed by atoms with van der Waals surface area (Å²) in [6, 6.07) is 0. The van der Waals surface area contributed by atoms with Crippen molar-refractivity contribution < 1.29 is 23.9 Å². The number of hydrogen-bond donors (Lipinski definition) is 0. The number of allylic oxidation sites excluding steroid dienone is 4. The first-order chi connectivity index (χ1) is 10.6. The molecule has 0 amide bonds. The van der Waals surface area contributed by atoms with Crippen LogP contribution < -0.4 is 0 Å². The van der Waals surface area contributed by atoms with E-state index < -0.39 is 11.9 Å². The lowest BCUT2D eigenvalue weighted by molar-refractivity contribution is -0.139. The molecule has 0 heterocycles. The number of carbonyl (C=O) groups excluding carboxylic acids is 3. The third kappa shape index (κ3) is 1.46. The molecular weight excluding hydrogens is 284 g/mol. The zero-order valence-corrected chi connectivity index (χ0v) is 12.4. The van der Waals surface area contributed by atoms with Gasteiger partial charge in [-0.1, -0.05) is 17.7 Å². The monoisotopic (exact) mass is 300 g/mol. The Bertz CT molecular complexity index is 709. The van der Waals surface area contributed by atoms with Crippen molar-refractivity contribution in [3.8, 4) is 0 Å². The summed E-state index contributed by atoms with van der Waals surface area (Å²) < 4.78 is 9.75. The molecule has 4 bridgehead atoms. The van der Waals surface area contributed by atoms with E-state index in [1.165, 1.54) is 19.8 Å². The number of Topliss-reactive ketones (excluding diaryl/α,β-unsaturated/α-hetero) is 1. The Morgan fingerprint density at radius 2 is 1.59 bits per heavy atom. The van der Waals surface area contributed by atoms with Crippen LogP contribution in [0.3, 0.4) is 0 Å². The Labute approximate surface area is 127 Å². The second-order valence-electron chi connectivity index (χ2n) is 6.20. The van der Waals surface area contributed by atoms with Gasteiger partial charge in [-0.3, -0.25) is 4.79 Å². The molecule has 0 aromatic carbocycles. The second kappa shape index (κ2) is 4.41. The largest absolute Gasteiger partial charge is 0.466 e. The lowest BCUT2D eigenvalue weighted by Crippen LogP contribution is -2.35. The summed E-state index contributed by atoms with van der Waals surface area (Å²) in [5.41, 5.74) is 3.05. The van der Waals surface area contributed by atoms with Gasteiger partial charge in [0.2, 0.25) is 0 Å². The quantitative estimate of drug-likeness (QED) is 0.569. The predicted molar refractivity (Wildman–Crippen MR) is 75.4 cm³/mol. The van der Waals surface area contributed by atoms with E-state index in [1.54, 1.807) is 0 Å². The number of methoxy groups -OCH3 is 2. The minimum Gasteiger partial charge on any atom is -0.466 e. The molecular formula is C17H16O5. The van der Waals surface area contributed by atoms with Crippen LogP contribution >= 0.6 is 0 Å². The Morgan fingerprint density at radius 1 is 1.00 bits per heavy atom. The van der Waals surface area contributed by atoms with Crippen LogP contribution in [0.15, 0.2) is 34.4 Å². The zero-order chi connectivity index (χ0) is 15.6. The summed E-state index contributed by atoms with van der Waals surface area (Å²) in [4.78, 5) is 36.6. The fraction of sp³-hybridized carbons (Fsp3) is 0.471. The summed E-state index contributed by atoms with van der Waals surface area (Å²) in [6.45, 7) is 0. The SMILES string of the molecule is COC(=O)C1=C(C(=O)OC)[C@@H]2C[C@H]1C1=C2[C@H]2C=C[C@@H]1C(=O)C2. The van der Waals surface area contributed by atoms with Crippen LogP contribution in [0.25, 0.3) is 0 Å². The lowest BCUT2D eigenvalue weighted by Gasteiger charge is -2.38. The minimum atomic E-state index is -0.489. The van der Waals surface area contributed by atoms with E-state index in [0.29, 0.717) is 24.0 Å². The van der Waals surface area contributed by atoms with Crippen molar-refractivity contribution in [3.63, 3.8) is 0 Å². The van der Waals surface area contributed by atoms with E-state index in [2.05, 4.69) is 6.08 Å². The van der Waals surface area contributed by atoms with E-state index in [0.717, 1.165) is 5.57 Å². The van der Waals surface area contributed by atoms with Crippen LogP contribution in [0.1, 0.15) is 12.8 Å². The van der Waals surface area contributed by atoms with Crippen molar-refractivity contribution >= 4 is 17.7 Å². The van der Waals surface area contributed by atoms with Crippen LogP contribution in [0.4, 0.5) is 0 Å². The van der Waals surface area contributed by atoms with Crippen LogP contribution in [-0.2, 0) is 23.9 Å². The number of hydrogen-bond acceptors (Lipinski definition) is 5. The molecule has 5 heteroatoms. The van der Waals surface area contributed by atoms with Gasteiger partial charge in [0.25, 0.3) is 0 Å². The molecule has 0 radical (unpaired) electrons. The molecule has 5 aliphatic rings. The van der Waals surface area contributed by atoms with E-state index in [9.17, 15) is 14.4 Å². The Kier molecular flexibility index (Phi) is 2.71. The predicted octanol–water partition coefficient (Wildman–Crippen LogP) is 1.35. The third-order valence-electron chi connectivity index (χ3n) is 5.39. The van der Waals surface area contributed by atoms with Gasteiger partial charge in [0.15, 0.2) is 0 Å². The van der Waals surface area contributed by atoms with Crippen molar-refractivity contribution in [1.29, 1.82) is 0 Å². The molecule has 0 aromatic heterocycles. The first-order valence-corrected chi connectivity index (χ1v) is 7.44. The van der Waals surface area contributed by atoms with Crippen LogP contribution in [0, 0.1) is 23.7 Å². The first-order valence-electron chi connectivity index (χ1n) is 7.44. The summed E-state index contributed by atoms with van der Waals surface area (Å²) >= 11 is 0. The molecule has 0 unspecified atom stereocenters. The molecule has 4 atom stereocenters. The molecule has 0 fully saturated rings. The highest BCUT2D eigenvalue weighted by Crippen LogP contribution is 2.60. The average Bonchev–Trinajstić information content (AvgIpc) is 3.11. The van der Waals surface area contributed by atoms with Gasteiger partial charge in [-0.15, -0.1) is 0 Å². The Balaban J connectivity index is 1.85. The maximum Gasteiger partial charge on any atom is 0.334 e. The van der Waals surface area contributed by atoms with Crippen molar-refractivity contribution in [2.45, 2.75) is 12.8 Å². The highest BCUT2D eigenvalue weighted by Gasteiger charge is 2.56. The molecule has 0 aromatic rings. The van der Waals surface area contributed by atoms with Gasteiger partial charge in [0.05, 0.1) is 31.3 Å². The standard InChI is InChI=1S/C17H16O5/c1-21-16(19)14-9-6-10(15(14)17(20)22-2)13-8-4-3-7(12(9)13)5-11(8)18/h3-4,7-10H,5-6H2,1-2H3/t7-,8+,9+,10-/m0/s1. The number of fused-ring (bicyclic) bond motifs is 3. The minimum absolute atomic E-state index is 0.0707. The lowest BCUT2D eigenvalue weighted by atomic mass is 9.65. The van der Waals surface area contributed by atoms with Crippen LogP contribution in [0.5, 0.6) is 0 Å². The van der Waals surface area contributed by atoms with Gasteiger partial charge >= 0.3 is 11.9 Å². The van der Waals surface area contributed by atoms with E-state index in [1.807, 2.05) is 6.08 Å². The smallest absolute Gasteiger partial charge is 0.334 e. The normalized spacial score (nSPS) is 34.4. The van der Waals surface area contributed by atoms with Crippen molar-refractivity contribution in [2.24, 2.45) is 23.7 Å². The molecule has 5 rings (SSSR count). The van der Waals surface area contributed by atoms with E-state index in [4.69, 9.17) is 9.47 Å². The molecule has 0 saturated heterocycles. The van der Waals surface area contributed by atoms with Crippen LogP contribution in [-0.4, -0.2) is 31.9 Å². The van der Waals surface area contributed by atoms with E-state index >= 15 is 0 Å². The molecule has 22 heavy (non-hydrogen) atoms. The fourth-order valence-corrected chi connectivity index (χ4v) is 4.66. The topological polar surface area (TPSA) is 69.7 Å². The number of ketones is 1. The molecule has 5 aliphatic carbocycles. The summed E-state index contributed by atoms with van der Waals surface area (Å²) in [7, 11) is 2.63. The van der Waals surface area contributed by atoms with Gasteiger partial charge in [-0.2, -0.15) is 0 Å². The van der Waals surface area contributed by atoms with Crippen molar-refractivity contribution in [1.82, 2.24) is 0 Å². The van der Waals surface area contributed by atoms with Crippen molar-refractivity contribution in [2.75, 3.05) is 14.2 Å². The molecule has 0 spiro atoms. The zero-order valence-electron chi connectivity index (χ0n) is 12.4. The first kappa shape index (κ1) is 13.5. The third-order valence-corrected chi connectivity index (χ3v) is 5.39. The number of esters is 2. The fourth-order valence-electron chi connectivity index (χ4n) is 4.66. The number of rotatable bonds is 2. The average molecular weight is 300 g/mol.